The maximum atomic E-state index is 12.6. The number of rotatable bonds is 10. The van der Waals surface area contributed by atoms with Crippen LogP contribution in [0.4, 0.5) is 4.79 Å². The number of hydrogen-bond acceptors (Lipinski definition) is 5. The van der Waals surface area contributed by atoms with Gasteiger partial charge in [-0.15, -0.1) is 0 Å². The summed E-state index contributed by atoms with van der Waals surface area (Å²) in [6, 6.07) is 7.65. The lowest BCUT2D eigenvalue weighted by Gasteiger charge is -2.21. The van der Waals surface area contributed by atoms with Gasteiger partial charge in [-0.3, -0.25) is 4.79 Å². The zero-order chi connectivity index (χ0) is 20.5. The first kappa shape index (κ1) is 22.1. The average Bonchev–Trinajstić information content (AvgIpc) is 2.97. The first-order valence-corrected chi connectivity index (χ1v) is 11.0. The molecule has 0 fully saturated rings. The highest BCUT2D eigenvalue weighted by molar-refractivity contribution is 7.97. The van der Waals surface area contributed by atoms with Crippen molar-refractivity contribution in [2.24, 2.45) is 5.92 Å². The molecule has 8 heteroatoms. The first-order valence-electron chi connectivity index (χ1n) is 9.57. The second kappa shape index (κ2) is 10.9. The lowest BCUT2D eigenvalue weighted by Crippen LogP contribution is -2.45. The molecule has 1 atom stereocenters. The van der Waals surface area contributed by atoms with E-state index < -0.39 is 6.09 Å². The molecular formula is C20H30N4O3S. The van der Waals surface area contributed by atoms with Crippen LogP contribution in [0.25, 0.3) is 11.0 Å². The Labute approximate surface area is 170 Å². The Morgan fingerprint density at radius 2 is 2.04 bits per heavy atom. The highest BCUT2D eigenvalue weighted by Gasteiger charge is 2.17. The number of thioether (sulfide) groups is 1. The molecule has 2 N–H and O–H groups in total. The number of imidazole rings is 1. The number of fused-ring (bicyclic) bond motifs is 1. The van der Waals surface area contributed by atoms with Crippen molar-refractivity contribution in [2.75, 3.05) is 19.4 Å². The average molecular weight is 407 g/mol. The van der Waals surface area contributed by atoms with Crippen LogP contribution in [0.15, 0.2) is 24.3 Å². The van der Waals surface area contributed by atoms with Crippen LogP contribution in [0.2, 0.25) is 0 Å². The van der Waals surface area contributed by atoms with Gasteiger partial charge in [0.2, 0.25) is 5.91 Å². The van der Waals surface area contributed by atoms with E-state index in [9.17, 15) is 9.59 Å². The fourth-order valence-electron chi connectivity index (χ4n) is 3.08. The molecule has 0 bridgehead atoms. The van der Waals surface area contributed by atoms with Crippen LogP contribution in [-0.2, 0) is 21.8 Å². The third kappa shape index (κ3) is 6.44. The number of para-hydroxylation sites is 2. The smallest absolute Gasteiger partial charge is 0.407 e. The van der Waals surface area contributed by atoms with Gasteiger partial charge in [-0.2, -0.15) is 11.8 Å². The van der Waals surface area contributed by atoms with Crippen LogP contribution in [0.1, 0.15) is 33.0 Å². The van der Waals surface area contributed by atoms with Crippen molar-refractivity contribution in [1.29, 1.82) is 0 Å². The number of alkyl carbamates (subject to hydrolysis) is 1. The first-order chi connectivity index (χ1) is 13.4. The second-order valence-electron chi connectivity index (χ2n) is 7.03. The van der Waals surface area contributed by atoms with E-state index in [1.54, 1.807) is 18.7 Å². The predicted octanol–water partition coefficient (Wildman–Crippen LogP) is 3.18. The third-order valence-electron chi connectivity index (χ3n) is 4.21. The molecule has 0 aliphatic rings. The third-order valence-corrected chi connectivity index (χ3v) is 4.75. The monoisotopic (exact) mass is 406 g/mol. The lowest BCUT2D eigenvalue weighted by molar-refractivity contribution is -0.121. The van der Waals surface area contributed by atoms with Gasteiger partial charge in [0.15, 0.2) is 0 Å². The largest absolute Gasteiger partial charge is 0.450 e. The molecule has 2 amide bonds. The van der Waals surface area contributed by atoms with E-state index in [-0.39, 0.29) is 18.5 Å². The van der Waals surface area contributed by atoms with E-state index in [4.69, 9.17) is 4.74 Å². The summed E-state index contributed by atoms with van der Waals surface area (Å²) >= 11 is 1.67. The summed E-state index contributed by atoms with van der Waals surface area (Å²) in [4.78, 5) is 29.0. The van der Waals surface area contributed by atoms with Crippen molar-refractivity contribution in [3.05, 3.63) is 30.1 Å². The van der Waals surface area contributed by atoms with Gasteiger partial charge in [-0.05, 0) is 37.7 Å². The Morgan fingerprint density at radius 3 is 2.71 bits per heavy atom. The SMILES string of the molecule is CCOC(=O)NC(CNC(=O)Cn1c(CSC)nc2ccccc21)CC(C)C. The molecule has 1 unspecified atom stereocenters. The molecule has 154 valence electrons. The second-order valence-corrected chi connectivity index (χ2v) is 7.90. The number of carbonyl (C=O) groups excluding carboxylic acids is 2. The molecule has 1 aromatic heterocycles. The topological polar surface area (TPSA) is 85.3 Å². The van der Waals surface area contributed by atoms with Crippen molar-refractivity contribution in [3.8, 4) is 0 Å². The van der Waals surface area contributed by atoms with Gasteiger partial charge in [0.1, 0.15) is 12.4 Å². The minimum Gasteiger partial charge on any atom is -0.450 e. The minimum absolute atomic E-state index is 0.107. The summed E-state index contributed by atoms with van der Waals surface area (Å²) in [5.74, 6) is 1.90. The number of amides is 2. The molecule has 28 heavy (non-hydrogen) atoms. The van der Waals surface area contributed by atoms with E-state index in [0.29, 0.717) is 19.1 Å². The number of benzene rings is 1. The van der Waals surface area contributed by atoms with Gasteiger partial charge < -0.3 is 19.9 Å². The molecule has 1 aromatic carbocycles. The summed E-state index contributed by atoms with van der Waals surface area (Å²) in [7, 11) is 0. The molecular weight excluding hydrogens is 376 g/mol. The highest BCUT2D eigenvalue weighted by atomic mass is 32.2. The van der Waals surface area contributed by atoms with Crippen LogP contribution in [0, 0.1) is 5.92 Å². The van der Waals surface area contributed by atoms with Crippen LogP contribution in [-0.4, -0.2) is 47.0 Å². The Bertz CT molecular complexity index is 791. The van der Waals surface area contributed by atoms with Crippen molar-refractivity contribution in [2.45, 2.75) is 45.5 Å². The maximum Gasteiger partial charge on any atom is 0.407 e. The van der Waals surface area contributed by atoms with Crippen molar-refractivity contribution in [1.82, 2.24) is 20.2 Å². The Kier molecular flexibility index (Phi) is 8.63. The number of hydrogen-bond donors (Lipinski definition) is 2. The molecule has 0 saturated carbocycles. The van der Waals surface area contributed by atoms with Crippen molar-refractivity contribution < 1.29 is 14.3 Å². The number of ether oxygens (including phenoxy) is 1. The van der Waals surface area contributed by atoms with Gasteiger partial charge >= 0.3 is 6.09 Å². The summed E-state index contributed by atoms with van der Waals surface area (Å²) in [6.45, 7) is 6.80. The molecule has 0 saturated heterocycles. The van der Waals surface area contributed by atoms with E-state index in [1.165, 1.54) is 0 Å². The van der Waals surface area contributed by atoms with Gasteiger partial charge in [0, 0.05) is 12.6 Å². The summed E-state index contributed by atoms with van der Waals surface area (Å²) in [5, 5.41) is 5.77. The Hall–Kier alpha value is -2.22. The Balaban J connectivity index is 2.03. The molecule has 0 aliphatic heterocycles. The molecule has 7 nitrogen and oxygen atoms in total. The molecule has 0 spiro atoms. The quantitative estimate of drug-likeness (QED) is 0.633. The maximum absolute atomic E-state index is 12.6. The summed E-state index contributed by atoms with van der Waals surface area (Å²) < 4.78 is 6.92. The van der Waals surface area contributed by atoms with Gasteiger partial charge in [-0.25, -0.2) is 9.78 Å². The van der Waals surface area contributed by atoms with E-state index in [2.05, 4.69) is 29.5 Å². The van der Waals surface area contributed by atoms with Crippen LogP contribution in [0.5, 0.6) is 0 Å². The summed E-state index contributed by atoms with van der Waals surface area (Å²) in [6.07, 6.45) is 2.32. The van der Waals surface area contributed by atoms with Crippen LogP contribution >= 0.6 is 11.8 Å². The van der Waals surface area contributed by atoms with Crippen molar-refractivity contribution in [3.63, 3.8) is 0 Å². The van der Waals surface area contributed by atoms with E-state index in [1.807, 2.05) is 35.1 Å². The highest BCUT2D eigenvalue weighted by Crippen LogP contribution is 2.18. The zero-order valence-corrected chi connectivity index (χ0v) is 17.8. The standard InChI is InChI=1S/C20H30N4O3S/c1-5-27-20(26)22-15(10-14(2)3)11-21-19(25)12-24-17-9-7-6-8-16(17)23-18(24)13-28-4/h6-9,14-15H,5,10-13H2,1-4H3,(H,21,25)(H,22,26). The predicted molar refractivity (Wildman–Crippen MR) is 113 cm³/mol. The fraction of sp³-hybridized carbons (Fsp3) is 0.550. The van der Waals surface area contributed by atoms with E-state index in [0.717, 1.165) is 29.0 Å². The van der Waals surface area contributed by atoms with Gasteiger partial charge in [0.25, 0.3) is 0 Å². The molecule has 0 radical (unpaired) electrons. The fourth-order valence-corrected chi connectivity index (χ4v) is 3.56. The van der Waals surface area contributed by atoms with E-state index >= 15 is 0 Å². The molecule has 0 aliphatic carbocycles. The Morgan fingerprint density at radius 1 is 1.29 bits per heavy atom. The number of carbonyl (C=O) groups is 2. The zero-order valence-electron chi connectivity index (χ0n) is 17.0. The number of nitrogens with one attached hydrogen (secondary N) is 2. The molecule has 2 rings (SSSR count). The molecule has 2 aromatic rings. The van der Waals surface area contributed by atoms with Crippen LogP contribution < -0.4 is 10.6 Å². The summed E-state index contributed by atoms with van der Waals surface area (Å²) in [5.41, 5.74) is 1.84. The van der Waals surface area contributed by atoms with Gasteiger partial charge in [-0.1, -0.05) is 26.0 Å². The lowest BCUT2D eigenvalue weighted by atomic mass is 10.0. The van der Waals surface area contributed by atoms with Gasteiger partial charge in [0.05, 0.1) is 23.4 Å². The molecule has 1 heterocycles. The number of aromatic nitrogens is 2. The normalized spacial score (nSPS) is 12.2. The van der Waals surface area contributed by atoms with Crippen LogP contribution in [0.3, 0.4) is 0 Å². The van der Waals surface area contributed by atoms with Crippen molar-refractivity contribution >= 4 is 34.8 Å². The number of nitrogens with zero attached hydrogens (tertiary/aromatic N) is 2. The minimum atomic E-state index is -0.453.